The first-order valence-electron chi connectivity index (χ1n) is 7.68. The number of anilines is 1. The Hall–Kier alpha value is -1.59. The van der Waals surface area contributed by atoms with Crippen molar-refractivity contribution in [2.45, 2.75) is 31.7 Å². The zero-order valence-corrected chi connectivity index (χ0v) is 13.4. The number of rotatable bonds is 4. The first-order chi connectivity index (χ1) is 10.7. The number of halogens is 1. The largest absolute Gasteiger partial charge is 0.396 e. The fourth-order valence-electron chi connectivity index (χ4n) is 3.02. The topological polar surface area (TPSA) is 63.0 Å². The van der Waals surface area contributed by atoms with Gasteiger partial charge in [-0.1, -0.05) is 11.6 Å². The molecule has 0 bridgehead atoms. The van der Waals surface area contributed by atoms with Crippen LogP contribution in [0.15, 0.2) is 24.5 Å². The van der Waals surface area contributed by atoms with Gasteiger partial charge in [-0.25, -0.2) is 4.98 Å². The van der Waals surface area contributed by atoms with Crippen molar-refractivity contribution in [1.29, 1.82) is 0 Å². The minimum Gasteiger partial charge on any atom is -0.396 e. The normalized spacial score (nSPS) is 21.8. The maximum atomic E-state index is 9.24. The second-order valence-electron chi connectivity index (χ2n) is 5.97. The van der Waals surface area contributed by atoms with Crippen molar-refractivity contribution in [2.24, 2.45) is 13.0 Å². The number of pyridine rings is 1. The molecule has 0 atom stereocenters. The van der Waals surface area contributed by atoms with E-state index in [1.165, 1.54) is 0 Å². The number of nitrogens with zero attached hydrogens (tertiary/aromatic N) is 3. The van der Waals surface area contributed by atoms with Gasteiger partial charge in [0, 0.05) is 43.3 Å². The molecule has 22 heavy (non-hydrogen) atoms. The minimum absolute atomic E-state index is 0.299. The van der Waals surface area contributed by atoms with Gasteiger partial charge in [-0.3, -0.25) is 4.68 Å². The van der Waals surface area contributed by atoms with Crippen molar-refractivity contribution >= 4 is 17.3 Å². The molecular formula is C16H21ClN4O. The maximum absolute atomic E-state index is 9.24. The van der Waals surface area contributed by atoms with Gasteiger partial charge in [-0.2, -0.15) is 5.10 Å². The van der Waals surface area contributed by atoms with Gasteiger partial charge in [0.1, 0.15) is 5.15 Å². The van der Waals surface area contributed by atoms with Crippen molar-refractivity contribution < 1.29 is 5.11 Å². The van der Waals surface area contributed by atoms with Crippen LogP contribution in [0.3, 0.4) is 0 Å². The third-order valence-corrected chi connectivity index (χ3v) is 4.53. The average Bonchev–Trinajstić information content (AvgIpc) is 2.94. The molecule has 118 valence electrons. The van der Waals surface area contributed by atoms with Crippen molar-refractivity contribution in [2.75, 3.05) is 11.9 Å². The Kier molecular flexibility index (Phi) is 4.64. The van der Waals surface area contributed by atoms with Gasteiger partial charge < -0.3 is 10.4 Å². The Labute approximate surface area is 135 Å². The molecule has 3 rings (SSSR count). The number of hydrogen-bond donors (Lipinski definition) is 2. The second-order valence-corrected chi connectivity index (χ2v) is 6.36. The summed E-state index contributed by atoms with van der Waals surface area (Å²) in [7, 11) is 1.90. The third kappa shape index (κ3) is 3.42. The monoisotopic (exact) mass is 320 g/mol. The molecule has 0 radical (unpaired) electrons. The van der Waals surface area contributed by atoms with Crippen LogP contribution >= 0.6 is 11.6 Å². The predicted octanol–water partition coefficient (Wildman–Crippen LogP) is 3.10. The molecule has 1 aliphatic carbocycles. The highest BCUT2D eigenvalue weighted by molar-refractivity contribution is 6.29. The van der Waals surface area contributed by atoms with Crippen LogP contribution in [0.25, 0.3) is 11.3 Å². The molecule has 5 nitrogen and oxygen atoms in total. The molecule has 1 saturated carbocycles. The first kappa shape index (κ1) is 15.3. The van der Waals surface area contributed by atoms with Crippen LogP contribution in [0.4, 0.5) is 5.69 Å². The lowest BCUT2D eigenvalue weighted by Crippen LogP contribution is -2.27. The SMILES string of the molecule is Cn1ccc(-c2cnc(Cl)cc2NC2CCC(CO)CC2)n1. The zero-order valence-electron chi connectivity index (χ0n) is 12.7. The molecule has 0 spiro atoms. The van der Waals surface area contributed by atoms with Crippen LogP contribution in [-0.4, -0.2) is 32.5 Å². The Morgan fingerprint density at radius 1 is 1.36 bits per heavy atom. The van der Waals surface area contributed by atoms with E-state index in [4.69, 9.17) is 11.6 Å². The molecule has 0 aromatic carbocycles. The highest BCUT2D eigenvalue weighted by Crippen LogP contribution is 2.32. The van der Waals surface area contributed by atoms with E-state index in [9.17, 15) is 5.11 Å². The molecule has 2 N–H and O–H groups in total. The fraction of sp³-hybridized carbons (Fsp3) is 0.500. The quantitative estimate of drug-likeness (QED) is 0.850. The Morgan fingerprint density at radius 3 is 2.77 bits per heavy atom. The second kappa shape index (κ2) is 6.67. The number of aryl methyl sites for hydroxylation is 1. The summed E-state index contributed by atoms with van der Waals surface area (Å²) in [4.78, 5) is 4.19. The van der Waals surface area contributed by atoms with Gasteiger partial charge in [-0.05, 0) is 43.7 Å². The van der Waals surface area contributed by atoms with E-state index in [0.717, 1.165) is 42.6 Å². The fourth-order valence-corrected chi connectivity index (χ4v) is 3.18. The highest BCUT2D eigenvalue weighted by Gasteiger charge is 2.21. The van der Waals surface area contributed by atoms with Gasteiger partial charge in [-0.15, -0.1) is 0 Å². The standard InChI is InChI=1S/C16H21ClN4O/c1-21-7-6-14(20-21)13-9-18-16(17)8-15(13)19-12-4-2-11(10-22)3-5-12/h6-9,11-12,22H,2-5,10H2,1H3,(H,18,19). The van der Waals surface area contributed by atoms with E-state index < -0.39 is 0 Å². The summed E-state index contributed by atoms with van der Waals surface area (Å²) in [6.45, 7) is 0.299. The Bertz CT molecular complexity index is 635. The lowest BCUT2D eigenvalue weighted by Gasteiger charge is -2.29. The average molecular weight is 321 g/mol. The lowest BCUT2D eigenvalue weighted by molar-refractivity contribution is 0.186. The minimum atomic E-state index is 0.299. The summed E-state index contributed by atoms with van der Waals surface area (Å²) in [6, 6.07) is 4.24. The van der Waals surface area contributed by atoms with Crippen LogP contribution in [0, 0.1) is 5.92 Å². The van der Waals surface area contributed by atoms with E-state index in [1.807, 2.05) is 25.4 Å². The van der Waals surface area contributed by atoms with E-state index in [0.29, 0.717) is 23.7 Å². The maximum Gasteiger partial charge on any atom is 0.131 e. The molecule has 1 aliphatic rings. The molecule has 0 aliphatic heterocycles. The van der Waals surface area contributed by atoms with E-state index in [-0.39, 0.29) is 0 Å². The lowest BCUT2D eigenvalue weighted by atomic mass is 9.86. The van der Waals surface area contributed by atoms with Crippen molar-refractivity contribution in [3.63, 3.8) is 0 Å². The summed E-state index contributed by atoms with van der Waals surface area (Å²) < 4.78 is 1.78. The summed E-state index contributed by atoms with van der Waals surface area (Å²) in [5, 5.41) is 17.8. The number of nitrogens with one attached hydrogen (secondary N) is 1. The molecule has 0 unspecified atom stereocenters. The van der Waals surface area contributed by atoms with E-state index >= 15 is 0 Å². The number of aliphatic hydroxyl groups excluding tert-OH is 1. The van der Waals surface area contributed by atoms with Crippen molar-refractivity contribution in [3.05, 3.63) is 29.7 Å². The molecule has 2 aromatic heterocycles. The summed E-state index contributed by atoms with van der Waals surface area (Å²) in [5.41, 5.74) is 2.83. The Morgan fingerprint density at radius 2 is 2.14 bits per heavy atom. The predicted molar refractivity (Wildman–Crippen MR) is 87.9 cm³/mol. The summed E-state index contributed by atoms with van der Waals surface area (Å²) in [5.74, 6) is 0.453. The number of aromatic nitrogens is 3. The first-order valence-corrected chi connectivity index (χ1v) is 8.06. The van der Waals surface area contributed by atoms with Crippen LogP contribution in [0.5, 0.6) is 0 Å². The van der Waals surface area contributed by atoms with Gasteiger partial charge >= 0.3 is 0 Å². The van der Waals surface area contributed by atoms with Gasteiger partial charge in [0.15, 0.2) is 0 Å². The molecule has 0 amide bonds. The Balaban J connectivity index is 1.79. The van der Waals surface area contributed by atoms with Crippen molar-refractivity contribution in [1.82, 2.24) is 14.8 Å². The molecular weight excluding hydrogens is 300 g/mol. The molecule has 6 heteroatoms. The molecule has 1 fully saturated rings. The van der Waals surface area contributed by atoms with E-state index in [1.54, 1.807) is 10.9 Å². The molecule has 2 heterocycles. The van der Waals surface area contributed by atoms with Crippen LogP contribution < -0.4 is 5.32 Å². The van der Waals surface area contributed by atoms with Gasteiger partial charge in [0.2, 0.25) is 0 Å². The number of hydrogen-bond acceptors (Lipinski definition) is 4. The van der Waals surface area contributed by atoms with Gasteiger partial charge in [0.05, 0.1) is 5.69 Å². The number of aliphatic hydroxyl groups is 1. The molecule has 0 saturated heterocycles. The smallest absolute Gasteiger partial charge is 0.131 e. The third-order valence-electron chi connectivity index (χ3n) is 4.32. The highest BCUT2D eigenvalue weighted by atomic mass is 35.5. The van der Waals surface area contributed by atoms with Crippen LogP contribution in [0.2, 0.25) is 5.15 Å². The zero-order chi connectivity index (χ0) is 15.5. The molecule has 2 aromatic rings. The van der Waals surface area contributed by atoms with Crippen LogP contribution in [-0.2, 0) is 7.05 Å². The van der Waals surface area contributed by atoms with Crippen molar-refractivity contribution in [3.8, 4) is 11.3 Å². The van der Waals surface area contributed by atoms with Gasteiger partial charge in [0.25, 0.3) is 0 Å². The van der Waals surface area contributed by atoms with Crippen LogP contribution in [0.1, 0.15) is 25.7 Å². The summed E-state index contributed by atoms with van der Waals surface area (Å²) in [6.07, 6.45) is 7.93. The summed E-state index contributed by atoms with van der Waals surface area (Å²) >= 11 is 6.06. The van der Waals surface area contributed by atoms with E-state index in [2.05, 4.69) is 15.4 Å².